The smallest absolute Gasteiger partial charge is 0.242 e. The van der Waals surface area contributed by atoms with Gasteiger partial charge in [-0.1, -0.05) is 171 Å². The number of ketones is 2. The fourth-order valence-corrected chi connectivity index (χ4v) is 7.37. The molecular formula is C46H80ClNO2. The van der Waals surface area contributed by atoms with E-state index < -0.39 is 5.54 Å². The van der Waals surface area contributed by atoms with Crippen LogP contribution in [0.4, 0.5) is 0 Å². The van der Waals surface area contributed by atoms with Gasteiger partial charge in [0.15, 0.2) is 0 Å². The Bertz CT molecular complexity index is 941. The molecule has 1 aromatic rings. The van der Waals surface area contributed by atoms with Crippen LogP contribution in [0.25, 0.3) is 0 Å². The Kier molecular flexibility index (Phi) is 30.9. The van der Waals surface area contributed by atoms with Crippen molar-refractivity contribution in [1.29, 1.82) is 0 Å². The van der Waals surface area contributed by atoms with E-state index in [-0.39, 0.29) is 24.0 Å². The summed E-state index contributed by atoms with van der Waals surface area (Å²) in [6.45, 7) is 4.55. The lowest BCUT2D eigenvalue weighted by Gasteiger charge is -2.44. The Balaban J connectivity index is 0.0000240. The number of benzene rings is 1. The largest absolute Gasteiger partial charge is 1.00 e. The summed E-state index contributed by atoms with van der Waals surface area (Å²) in [5.74, 6) is 0.197. The third kappa shape index (κ3) is 21.0. The van der Waals surface area contributed by atoms with Crippen molar-refractivity contribution in [3.63, 3.8) is 0 Å². The number of halogens is 1. The molecule has 3 nitrogen and oxygen atoms in total. The Hall–Kier alpha value is -1.71. The van der Waals surface area contributed by atoms with E-state index in [1.165, 1.54) is 116 Å². The van der Waals surface area contributed by atoms with Gasteiger partial charge in [0.2, 0.25) is 17.1 Å². The summed E-state index contributed by atoms with van der Waals surface area (Å²) < 4.78 is 0.310. The van der Waals surface area contributed by atoms with E-state index in [2.05, 4.69) is 38.2 Å². The van der Waals surface area contributed by atoms with Crippen LogP contribution < -0.4 is 12.4 Å². The minimum atomic E-state index is -1.14. The molecule has 0 amide bonds. The van der Waals surface area contributed by atoms with Crippen molar-refractivity contribution in [2.45, 2.75) is 199 Å². The number of quaternary nitrogens is 1. The van der Waals surface area contributed by atoms with Crippen LogP contribution >= 0.6 is 0 Å². The van der Waals surface area contributed by atoms with Crippen molar-refractivity contribution in [1.82, 2.24) is 0 Å². The van der Waals surface area contributed by atoms with Gasteiger partial charge in [-0.2, -0.15) is 0 Å². The summed E-state index contributed by atoms with van der Waals surface area (Å²) in [6, 6.07) is 9.93. The fourth-order valence-electron chi connectivity index (χ4n) is 7.37. The summed E-state index contributed by atoms with van der Waals surface area (Å²) in [4.78, 5) is 28.4. The van der Waals surface area contributed by atoms with Crippen LogP contribution in [0.15, 0.2) is 54.6 Å². The summed E-state index contributed by atoms with van der Waals surface area (Å²) in [5, 5.41) is 0. The SMILES string of the molecule is CCCCCCCCC=CCCCCCCCC(=O)C(C(=O)CCCCCCCC=CCCCCCCCC)(c1ccccc1)[N+](C)(C)C.[Cl-]. The van der Waals surface area contributed by atoms with E-state index in [1.807, 2.05) is 51.5 Å². The van der Waals surface area contributed by atoms with Gasteiger partial charge in [-0.3, -0.25) is 9.59 Å². The molecule has 1 aromatic carbocycles. The van der Waals surface area contributed by atoms with Gasteiger partial charge in [-0.05, 0) is 64.2 Å². The van der Waals surface area contributed by atoms with Crippen LogP contribution in [-0.4, -0.2) is 37.2 Å². The highest BCUT2D eigenvalue weighted by molar-refractivity contribution is 6.10. The van der Waals surface area contributed by atoms with Gasteiger partial charge >= 0.3 is 0 Å². The highest BCUT2D eigenvalue weighted by atomic mass is 35.5. The first-order valence-electron chi connectivity index (χ1n) is 21.1. The van der Waals surface area contributed by atoms with Crippen molar-refractivity contribution >= 4 is 11.6 Å². The van der Waals surface area contributed by atoms with Crippen molar-refractivity contribution in [2.24, 2.45) is 0 Å². The van der Waals surface area contributed by atoms with E-state index in [1.54, 1.807) is 0 Å². The number of unbranched alkanes of at least 4 members (excludes halogenated alkanes) is 22. The quantitative estimate of drug-likeness (QED) is 0.0308. The molecule has 0 aliphatic heterocycles. The van der Waals surface area contributed by atoms with Gasteiger partial charge in [-0.25, -0.2) is 0 Å². The summed E-state index contributed by atoms with van der Waals surface area (Å²) >= 11 is 0. The average Bonchev–Trinajstić information content (AvgIpc) is 3.08. The molecular weight excluding hydrogens is 634 g/mol. The minimum absolute atomic E-state index is 0. The first kappa shape index (κ1) is 48.3. The Morgan fingerprint density at radius 2 is 0.780 bits per heavy atom. The van der Waals surface area contributed by atoms with Crippen LogP contribution in [-0.2, 0) is 15.1 Å². The van der Waals surface area contributed by atoms with Gasteiger partial charge in [0.05, 0.1) is 21.1 Å². The molecule has 1 rings (SSSR count). The molecule has 0 N–H and O–H groups in total. The van der Waals surface area contributed by atoms with Crippen molar-refractivity contribution < 1.29 is 26.5 Å². The number of nitrogens with zero attached hydrogens (tertiary/aromatic N) is 1. The normalized spacial score (nSPS) is 13.1. The second kappa shape index (κ2) is 32.0. The second-order valence-corrected chi connectivity index (χ2v) is 15.6. The Labute approximate surface area is 317 Å². The van der Waals surface area contributed by atoms with E-state index in [4.69, 9.17) is 0 Å². The molecule has 0 unspecified atom stereocenters. The zero-order valence-corrected chi connectivity index (χ0v) is 34.4. The average molecular weight is 715 g/mol. The standard InChI is InChI=1S/C46H80NO2.ClH/c1-6-8-10-12-14-16-18-20-22-24-26-28-30-32-37-41-44(48)46(47(3,4)5,43-39-35-34-36-40-43)45(49)42-38-33-31-29-27-25-23-21-19-17-15-13-11-9-7-2;/h20-23,34-36,39-40H,6-19,24-33,37-38,41-42H2,1-5H3;1H/q+1;/p-1. The molecule has 0 saturated carbocycles. The lowest BCUT2D eigenvalue weighted by molar-refractivity contribution is -0.909. The van der Waals surface area contributed by atoms with Gasteiger partial charge in [-0.15, -0.1) is 0 Å². The van der Waals surface area contributed by atoms with E-state index in [9.17, 15) is 9.59 Å². The minimum Gasteiger partial charge on any atom is -1.00 e. The molecule has 0 aromatic heterocycles. The van der Waals surface area contributed by atoms with Gasteiger partial charge in [0.1, 0.15) is 0 Å². The highest BCUT2D eigenvalue weighted by Crippen LogP contribution is 2.37. The summed E-state index contributed by atoms with van der Waals surface area (Å²) in [5.41, 5.74) is -0.277. The van der Waals surface area contributed by atoms with Crippen LogP contribution in [0.2, 0.25) is 0 Å². The number of allylic oxidation sites excluding steroid dienone is 4. The molecule has 0 heterocycles. The Morgan fingerprint density at radius 1 is 0.480 bits per heavy atom. The summed E-state index contributed by atoms with van der Waals surface area (Å²) in [7, 11) is 6.09. The second-order valence-electron chi connectivity index (χ2n) is 15.6. The molecule has 0 fully saturated rings. The monoisotopic (exact) mass is 714 g/mol. The topological polar surface area (TPSA) is 34.1 Å². The number of carbonyl (C=O) groups excluding carboxylic acids is 2. The number of likely N-dealkylation sites (N-methyl/N-ethyl adjacent to an activating group) is 1. The maximum absolute atomic E-state index is 14.2. The van der Waals surface area contributed by atoms with E-state index in [0.717, 1.165) is 56.9 Å². The molecule has 0 radical (unpaired) electrons. The number of hydrogen-bond donors (Lipinski definition) is 0. The number of Topliss-reactive ketones (excluding diaryl/α,β-unsaturated/α-hetero) is 2. The molecule has 0 spiro atoms. The predicted octanol–water partition coefficient (Wildman–Crippen LogP) is 10.8. The molecule has 0 atom stereocenters. The van der Waals surface area contributed by atoms with Crippen LogP contribution in [0.1, 0.15) is 199 Å². The van der Waals surface area contributed by atoms with Gasteiger partial charge in [0.25, 0.3) is 0 Å². The maximum atomic E-state index is 14.2. The fraction of sp³-hybridized carbons (Fsp3) is 0.739. The number of hydrogen-bond acceptors (Lipinski definition) is 2. The van der Waals surface area contributed by atoms with Gasteiger partial charge in [0, 0.05) is 18.4 Å². The third-order valence-corrected chi connectivity index (χ3v) is 10.3. The Morgan fingerprint density at radius 3 is 1.10 bits per heavy atom. The zero-order chi connectivity index (χ0) is 35.9. The summed E-state index contributed by atoms with van der Waals surface area (Å²) in [6.07, 6.45) is 42.6. The van der Waals surface area contributed by atoms with Crippen molar-refractivity contribution in [3.8, 4) is 0 Å². The number of carbonyl (C=O) groups is 2. The highest BCUT2D eigenvalue weighted by Gasteiger charge is 2.56. The number of rotatable bonds is 34. The molecule has 288 valence electrons. The maximum Gasteiger partial charge on any atom is 0.242 e. The van der Waals surface area contributed by atoms with Crippen LogP contribution in [0.3, 0.4) is 0 Å². The van der Waals surface area contributed by atoms with Gasteiger partial charge < -0.3 is 16.9 Å². The lowest BCUT2D eigenvalue weighted by Crippen LogP contribution is -3.00. The lowest BCUT2D eigenvalue weighted by atomic mass is 9.75. The first-order chi connectivity index (χ1) is 23.8. The zero-order valence-electron chi connectivity index (χ0n) is 33.6. The van der Waals surface area contributed by atoms with Crippen LogP contribution in [0, 0.1) is 0 Å². The molecule has 0 bridgehead atoms. The third-order valence-electron chi connectivity index (χ3n) is 10.3. The predicted molar refractivity (Wildman–Crippen MR) is 215 cm³/mol. The van der Waals surface area contributed by atoms with Crippen molar-refractivity contribution in [3.05, 3.63) is 60.2 Å². The van der Waals surface area contributed by atoms with Crippen molar-refractivity contribution in [2.75, 3.05) is 21.1 Å². The first-order valence-corrected chi connectivity index (χ1v) is 21.1. The molecule has 0 aliphatic rings. The molecule has 4 heteroatoms. The molecule has 0 aliphatic carbocycles. The molecule has 0 saturated heterocycles. The van der Waals surface area contributed by atoms with E-state index in [0.29, 0.717) is 17.3 Å². The molecule has 50 heavy (non-hydrogen) atoms. The van der Waals surface area contributed by atoms with Crippen LogP contribution in [0.5, 0.6) is 0 Å². The van der Waals surface area contributed by atoms with E-state index >= 15 is 0 Å².